The minimum atomic E-state index is -0.281. The highest BCUT2D eigenvalue weighted by Gasteiger charge is 2.10. The molecule has 0 amide bonds. The first-order chi connectivity index (χ1) is 11.5. The quantitative estimate of drug-likeness (QED) is 0.907. The minimum Gasteiger partial charge on any atom is -0.508 e. The summed E-state index contributed by atoms with van der Waals surface area (Å²) in [6.07, 6.45) is 5.51. The third-order valence-corrected chi connectivity index (χ3v) is 4.34. The predicted molar refractivity (Wildman–Crippen MR) is 98.9 cm³/mol. The highest BCUT2D eigenvalue weighted by atomic mass is 16.3. The molecule has 1 heterocycles. The maximum atomic E-state index is 9.57. The van der Waals surface area contributed by atoms with Gasteiger partial charge in [0, 0.05) is 19.0 Å². The van der Waals surface area contributed by atoms with Crippen molar-refractivity contribution >= 4 is 5.71 Å². The molecule has 3 rings (SSSR count). The smallest absolute Gasteiger partial charge is 0.173 e. The number of phenolic OH excluding ortho intramolecular Hbond substituents is 1. The third kappa shape index (κ3) is 3.66. The Morgan fingerprint density at radius 3 is 2.75 bits per heavy atom. The normalized spacial score (nSPS) is 17.0. The molecule has 0 radical (unpaired) electrons. The summed E-state index contributed by atoms with van der Waals surface area (Å²) < 4.78 is 0. The Labute approximate surface area is 143 Å². The molecule has 2 aromatic carbocycles. The third-order valence-electron chi connectivity index (χ3n) is 4.34. The molecule has 3 N–H and O–H groups in total. The molecule has 124 valence electrons. The number of aliphatic imine (C=N–C) groups is 1. The van der Waals surface area contributed by atoms with Gasteiger partial charge in [-0.15, -0.1) is 0 Å². The van der Waals surface area contributed by atoms with Crippen LogP contribution in [0.4, 0.5) is 0 Å². The Morgan fingerprint density at radius 2 is 2.00 bits per heavy atom. The summed E-state index contributed by atoms with van der Waals surface area (Å²) in [7, 11) is 1.92. The SMILES string of the molecule is Cc1cc(O)ccc1-c1cccc(CCC2=NC(N)N(C)C=C2)c1. The zero-order valence-electron chi connectivity index (χ0n) is 14.1. The molecule has 0 saturated heterocycles. The molecule has 24 heavy (non-hydrogen) atoms. The van der Waals surface area contributed by atoms with Gasteiger partial charge in [-0.05, 0) is 60.2 Å². The van der Waals surface area contributed by atoms with Gasteiger partial charge in [-0.25, -0.2) is 0 Å². The maximum Gasteiger partial charge on any atom is 0.173 e. The van der Waals surface area contributed by atoms with Crippen LogP contribution in [0.25, 0.3) is 11.1 Å². The highest BCUT2D eigenvalue weighted by molar-refractivity contribution is 5.95. The minimum absolute atomic E-state index is 0.281. The van der Waals surface area contributed by atoms with E-state index in [0.29, 0.717) is 5.75 Å². The van der Waals surface area contributed by atoms with Crippen LogP contribution in [0.2, 0.25) is 0 Å². The number of nitrogens with zero attached hydrogens (tertiary/aromatic N) is 2. The van der Waals surface area contributed by atoms with Crippen molar-refractivity contribution in [3.63, 3.8) is 0 Å². The first kappa shape index (κ1) is 16.3. The van der Waals surface area contributed by atoms with E-state index in [2.05, 4.69) is 29.3 Å². The van der Waals surface area contributed by atoms with Crippen LogP contribution in [0.1, 0.15) is 17.5 Å². The van der Waals surface area contributed by atoms with Gasteiger partial charge in [0.25, 0.3) is 0 Å². The molecule has 1 aliphatic heterocycles. The molecule has 0 bridgehead atoms. The van der Waals surface area contributed by atoms with Crippen molar-refractivity contribution in [2.24, 2.45) is 10.7 Å². The molecule has 1 atom stereocenters. The summed E-state index contributed by atoms with van der Waals surface area (Å²) >= 11 is 0. The molecule has 2 aromatic rings. The van der Waals surface area contributed by atoms with E-state index < -0.39 is 0 Å². The summed E-state index contributed by atoms with van der Waals surface area (Å²) in [5.74, 6) is 0.302. The Bertz CT molecular complexity index is 795. The van der Waals surface area contributed by atoms with Gasteiger partial charge in [-0.3, -0.25) is 10.7 Å². The topological polar surface area (TPSA) is 61.9 Å². The van der Waals surface area contributed by atoms with E-state index in [0.717, 1.165) is 29.7 Å². The van der Waals surface area contributed by atoms with E-state index in [1.165, 1.54) is 11.1 Å². The average molecular weight is 321 g/mol. The summed E-state index contributed by atoms with van der Waals surface area (Å²) in [6.45, 7) is 2.02. The van der Waals surface area contributed by atoms with Gasteiger partial charge in [-0.1, -0.05) is 30.3 Å². The number of allylic oxidation sites excluding steroid dienone is 1. The molecule has 1 aliphatic rings. The van der Waals surface area contributed by atoms with Crippen LogP contribution < -0.4 is 5.73 Å². The van der Waals surface area contributed by atoms with Crippen LogP contribution in [-0.4, -0.2) is 29.1 Å². The number of nitrogens with two attached hydrogens (primary N) is 1. The fraction of sp³-hybridized carbons (Fsp3) is 0.250. The molecule has 0 aliphatic carbocycles. The van der Waals surface area contributed by atoms with Crippen molar-refractivity contribution in [1.29, 1.82) is 0 Å². The van der Waals surface area contributed by atoms with Gasteiger partial charge in [0.1, 0.15) is 5.75 Å². The number of aryl methyl sites for hydroxylation is 2. The predicted octanol–water partition coefficient (Wildman–Crippen LogP) is 3.44. The molecule has 0 fully saturated rings. The summed E-state index contributed by atoms with van der Waals surface area (Å²) in [5, 5.41) is 9.57. The Morgan fingerprint density at radius 1 is 1.17 bits per heavy atom. The zero-order chi connectivity index (χ0) is 17.1. The second-order valence-electron chi connectivity index (χ2n) is 6.21. The van der Waals surface area contributed by atoms with Crippen LogP contribution in [-0.2, 0) is 6.42 Å². The van der Waals surface area contributed by atoms with E-state index in [1.54, 1.807) is 12.1 Å². The molecular formula is C20H23N3O. The zero-order valence-corrected chi connectivity index (χ0v) is 14.1. The first-order valence-electron chi connectivity index (χ1n) is 8.14. The van der Waals surface area contributed by atoms with E-state index in [9.17, 15) is 5.11 Å². The van der Waals surface area contributed by atoms with Crippen molar-refractivity contribution in [2.45, 2.75) is 26.1 Å². The van der Waals surface area contributed by atoms with Gasteiger partial charge in [0.05, 0.1) is 0 Å². The molecule has 1 unspecified atom stereocenters. The molecule has 0 saturated carbocycles. The number of aromatic hydroxyl groups is 1. The molecule has 0 aromatic heterocycles. The van der Waals surface area contributed by atoms with Gasteiger partial charge < -0.3 is 10.0 Å². The molecule has 0 spiro atoms. The second kappa shape index (κ2) is 6.89. The van der Waals surface area contributed by atoms with Crippen LogP contribution in [0.5, 0.6) is 5.75 Å². The largest absolute Gasteiger partial charge is 0.508 e. The van der Waals surface area contributed by atoms with Crippen LogP contribution in [0, 0.1) is 6.92 Å². The van der Waals surface area contributed by atoms with Crippen LogP contribution in [0.15, 0.2) is 59.7 Å². The van der Waals surface area contributed by atoms with Crippen molar-refractivity contribution in [2.75, 3.05) is 7.05 Å². The lowest BCUT2D eigenvalue weighted by molar-refractivity contribution is 0.343. The fourth-order valence-electron chi connectivity index (χ4n) is 2.88. The number of hydrogen-bond donors (Lipinski definition) is 2. The number of hydrogen-bond acceptors (Lipinski definition) is 4. The van der Waals surface area contributed by atoms with Crippen LogP contribution >= 0.6 is 0 Å². The van der Waals surface area contributed by atoms with Gasteiger partial charge in [-0.2, -0.15) is 0 Å². The van der Waals surface area contributed by atoms with Crippen molar-refractivity contribution in [1.82, 2.24) is 4.90 Å². The van der Waals surface area contributed by atoms with E-state index in [4.69, 9.17) is 5.73 Å². The van der Waals surface area contributed by atoms with E-state index in [1.807, 2.05) is 37.2 Å². The second-order valence-corrected chi connectivity index (χ2v) is 6.21. The lowest BCUT2D eigenvalue weighted by atomic mass is 9.97. The van der Waals surface area contributed by atoms with Gasteiger partial charge in [0.15, 0.2) is 6.29 Å². The van der Waals surface area contributed by atoms with E-state index >= 15 is 0 Å². The van der Waals surface area contributed by atoms with Crippen molar-refractivity contribution in [3.8, 4) is 16.9 Å². The summed E-state index contributed by atoms with van der Waals surface area (Å²) in [4.78, 5) is 6.38. The maximum absolute atomic E-state index is 9.57. The first-order valence-corrected chi connectivity index (χ1v) is 8.14. The number of rotatable bonds is 4. The number of benzene rings is 2. The van der Waals surface area contributed by atoms with Crippen molar-refractivity contribution < 1.29 is 5.11 Å². The molecule has 4 heteroatoms. The summed E-state index contributed by atoms with van der Waals surface area (Å²) in [6, 6.07) is 14.0. The van der Waals surface area contributed by atoms with Gasteiger partial charge >= 0.3 is 0 Å². The monoisotopic (exact) mass is 321 g/mol. The van der Waals surface area contributed by atoms with Crippen molar-refractivity contribution in [3.05, 3.63) is 65.9 Å². The Balaban J connectivity index is 1.74. The van der Waals surface area contributed by atoms with Gasteiger partial charge in [0.2, 0.25) is 0 Å². The summed E-state index contributed by atoms with van der Waals surface area (Å²) in [5.41, 5.74) is 11.6. The standard InChI is InChI=1S/C20H23N3O/c1-14-12-18(24)8-9-19(14)16-5-3-4-15(13-16)6-7-17-10-11-23(2)20(21)22-17/h3-5,8-13,20,24H,6-7,21H2,1-2H3. The van der Waals surface area contributed by atoms with E-state index in [-0.39, 0.29) is 6.29 Å². The highest BCUT2D eigenvalue weighted by Crippen LogP contribution is 2.27. The van der Waals surface area contributed by atoms with Crippen LogP contribution in [0.3, 0.4) is 0 Å². The fourth-order valence-corrected chi connectivity index (χ4v) is 2.88. The Hall–Kier alpha value is -2.59. The Kier molecular flexibility index (Phi) is 4.67. The lowest BCUT2D eigenvalue weighted by Gasteiger charge is -2.23. The number of phenols is 1. The molecular weight excluding hydrogens is 298 g/mol. The molecule has 4 nitrogen and oxygen atoms in total. The lowest BCUT2D eigenvalue weighted by Crippen LogP contribution is -2.36. The average Bonchev–Trinajstić information content (AvgIpc) is 2.56.